The van der Waals surface area contributed by atoms with Crippen molar-refractivity contribution in [2.45, 2.75) is 0 Å². The van der Waals surface area contributed by atoms with E-state index in [1.807, 2.05) is 22.7 Å². The number of nitrogens with zero attached hydrogens (tertiary/aromatic N) is 4. The van der Waals surface area contributed by atoms with Crippen molar-refractivity contribution in [3.63, 3.8) is 0 Å². The monoisotopic (exact) mass is 429 g/mol. The minimum Gasteiger partial charge on any atom is -0.300 e. The summed E-state index contributed by atoms with van der Waals surface area (Å²) in [6, 6.07) is 5.39. The highest BCUT2D eigenvalue weighted by Crippen LogP contribution is 2.28. The number of hydrogen-bond acceptors (Lipinski definition) is 4. The van der Waals surface area contributed by atoms with E-state index in [-0.39, 0.29) is 10.8 Å². The predicted molar refractivity (Wildman–Crippen MR) is 97.4 cm³/mol. The molecule has 0 radical (unpaired) electrons. The second-order valence-electron chi connectivity index (χ2n) is 5.17. The van der Waals surface area contributed by atoms with E-state index in [0.29, 0.717) is 5.56 Å². The molecule has 0 aliphatic heterocycles. The second-order valence-corrected chi connectivity index (χ2v) is 8.33. The zero-order chi connectivity index (χ0) is 17.5. The van der Waals surface area contributed by atoms with Crippen LogP contribution >= 0.6 is 27.5 Å². The highest BCUT2D eigenvalue weighted by molar-refractivity contribution is 9.10. The molecule has 7 nitrogen and oxygen atoms in total. The zero-order valence-corrected chi connectivity index (χ0v) is 15.9. The molecule has 3 aromatic heterocycles. The summed E-state index contributed by atoms with van der Waals surface area (Å²) in [6.45, 7) is 0. The largest absolute Gasteiger partial charge is 0.301 e. The lowest BCUT2D eigenvalue weighted by molar-refractivity contribution is 0.527. The molecule has 0 unspecified atom stereocenters. The van der Waals surface area contributed by atoms with Gasteiger partial charge in [0.15, 0.2) is 5.15 Å². The van der Waals surface area contributed by atoms with Gasteiger partial charge in [-0.15, -0.1) is 0 Å². The molecule has 0 spiro atoms. The topological polar surface area (TPSA) is 79.6 Å². The number of aromatic nitrogens is 3. The standard InChI is InChI=1S/C14H13BrClN5O2S/c1-20(2)24(22,23)19-11-5-9(7-18-14(11)16)12-8-17-13-6-10(15)3-4-21(12)13/h3-8,19H,1-2H3. The number of nitrogens with one attached hydrogen (secondary N) is 1. The van der Waals surface area contributed by atoms with Gasteiger partial charge in [0.05, 0.1) is 17.6 Å². The van der Waals surface area contributed by atoms with E-state index < -0.39 is 10.2 Å². The number of hydrogen-bond donors (Lipinski definition) is 1. The van der Waals surface area contributed by atoms with Crippen molar-refractivity contribution >= 4 is 49.1 Å². The van der Waals surface area contributed by atoms with Crippen LogP contribution < -0.4 is 4.72 Å². The average molecular weight is 431 g/mol. The Kier molecular flexibility index (Phi) is 4.52. The van der Waals surface area contributed by atoms with Crippen molar-refractivity contribution in [3.8, 4) is 11.3 Å². The van der Waals surface area contributed by atoms with Crippen LogP contribution in [-0.4, -0.2) is 41.2 Å². The third-order valence-corrected chi connectivity index (χ3v) is 5.56. The van der Waals surface area contributed by atoms with Gasteiger partial charge in [0.1, 0.15) is 5.65 Å². The van der Waals surface area contributed by atoms with Gasteiger partial charge >= 0.3 is 10.2 Å². The molecule has 0 aliphatic rings. The van der Waals surface area contributed by atoms with Gasteiger partial charge in [-0.25, -0.2) is 9.97 Å². The lowest BCUT2D eigenvalue weighted by atomic mass is 10.2. The molecule has 0 bridgehead atoms. The first-order chi connectivity index (χ1) is 11.3. The number of fused-ring (bicyclic) bond motifs is 1. The van der Waals surface area contributed by atoms with E-state index in [9.17, 15) is 8.42 Å². The molecule has 1 N–H and O–H groups in total. The Hall–Kier alpha value is -1.68. The molecule has 3 heterocycles. The number of imidazole rings is 1. The van der Waals surface area contributed by atoms with Crippen molar-refractivity contribution in [1.82, 2.24) is 18.7 Å². The van der Waals surface area contributed by atoms with E-state index in [0.717, 1.165) is 20.1 Å². The summed E-state index contributed by atoms with van der Waals surface area (Å²) in [7, 11) is -0.824. The summed E-state index contributed by atoms with van der Waals surface area (Å²) in [5.41, 5.74) is 2.41. The fourth-order valence-electron chi connectivity index (χ4n) is 2.06. The molecule has 126 valence electrons. The van der Waals surface area contributed by atoms with Crippen LogP contribution in [0.2, 0.25) is 5.15 Å². The molecule has 0 amide bonds. The number of rotatable bonds is 4. The molecule has 0 saturated carbocycles. The van der Waals surface area contributed by atoms with Crippen LogP contribution in [0.15, 0.2) is 41.3 Å². The Morgan fingerprint density at radius 2 is 2.00 bits per heavy atom. The minimum absolute atomic E-state index is 0.0701. The van der Waals surface area contributed by atoms with Gasteiger partial charge in [-0.2, -0.15) is 12.7 Å². The molecular weight excluding hydrogens is 418 g/mol. The van der Waals surface area contributed by atoms with E-state index in [4.69, 9.17) is 11.6 Å². The van der Waals surface area contributed by atoms with Gasteiger partial charge < -0.3 is 0 Å². The van der Waals surface area contributed by atoms with Crippen LogP contribution in [0.4, 0.5) is 5.69 Å². The summed E-state index contributed by atoms with van der Waals surface area (Å²) < 4.78 is 30.3. The second kappa shape index (κ2) is 6.32. The summed E-state index contributed by atoms with van der Waals surface area (Å²) in [4.78, 5) is 8.41. The van der Waals surface area contributed by atoms with Gasteiger partial charge in [0.25, 0.3) is 0 Å². The molecule has 24 heavy (non-hydrogen) atoms. The maximum atomic E-state index is 12.0. The van der Waals surface area contributed by atoms with Crippen molar-refractivity contribution in [2.24, 2.45) is 0 Å². The van der Waals surface area contributed by atoms with Gasteiger partial charge in [-0.3, -0.25) is 9.12 Å². The first kappa shape index (κ1) is 17.2. The molecule has 3 aromatic rings. The highest BCUT2D eigenvalue weighted by atomic mass is 79.9. The number of pyridine rings is 2. The third kappa shape index (κ3) is 3.25. The number of halogens is 2. The van der Waals surface area contributed by atoms with E-state index in [1.54, 1.807) is 18.5 Å². The van der Waals surface area contributed by atoms with Crippen LogP contribution in [-0.2, 0) is 10.2 Å². The summed E-state index contributed by atoms with van der Waals surface area (Å²) >= 11 is 9.42. The molecule has 10 heteroatoms. The fourth-order valence-corrected chi connectivity index (χ4v) is 3.21. The minimum atomic E-state index is -3.68. The molecule has 0 saturated heterocycles. The normalized spacial score (nSPS) is 12.0. The summed E-state index contributed by atoms with van der Waals surface area (Å²) in [5, 5.41) is 0.0701. The SMILES string of the molecule is CN(C)S(=O)(=O)Nc1cc(-c2cnc3cc(Br)ccn23)cnc1Cl. The molecular formula is C14H13BrClN5O2S. The molecule has 0 atom stereocenters. The average Bonchev–Trinajstić information content (AvgIpc) is 2.92. The Labute approximate surface area is 152 Å². The fraction of sp³-hybridized carbons (Fsp3) is 0.143. The van der Waals surface area contributed by atoms with E-state index in [2.05, 4.69) is 30.6 Å². The number of anilines is 1. The maximum Gasteiger partial charge on any atom is 0.301 e. The quantitative estimate of drug-likeness (QED) is 0.645. The van der Waals surface area contributed by atoms with Crippen LogP contribution in [0.1, 0.15) is 0 Å². The van der Waals surface area contributed by atoms with Gasteiger partial charge in [0.2, 0.25) is 0 Å². The Morgan fingerprint density at radius 3 is 2.71 bits per heavy atom. The third-order valence-electron chi connectivity index (χ3n) is 3.33. The van der Waals surface area contributed by atoms with Gasteiger partial charge in [0, 0.05) is 36.5 Å². The van der Waals surface area contributed by atoms with Gasteiger partial charge in [-0.1, -0.05) is 27.5 Å². The first-order valence-electron chi connectivity index (χ1n) is 6.77. The van der Waals surface area contributed by atoms with Crippen LogP contribution in [0.25, 0.3) is 16.9 Å². The van der Waals surface area contributed by atoms with Crippen molar-refractivity contribution in [3.05, 3.63) is 46.4 Å². The van der Waals surface area contributed by atoms with Crippen LogP contribution in [0.3, 0.4) is 0 Å². The lowest BCUT2D eigenvalue weighted by Crippen LogP contribution is -2.29. The zero-order valence-electron chi connectivity index (χ0n) is 12.7. The van der Waals surface area contributed by atoms with Crippen molar-refractivity contribution < 1.29 is 8.42 Å². The molecule has 0 aliphatic carbocycles. The molecule has 0 aromatic carbocycles. The maximum absolute atomic E-state index is 12.0. The smallest absolute Gasteiger partial charge is 0.300 e. The Balaban J connectivity index is 2.08. The molecule has 3 rings (SSSR count). The highest BCUT2D eigenvalue weighted by Gasteiger charge is 2.17. The van der Waals surface area contributed by atoms with Crippen molar-refractivity contribution in [1.29, 1.82) is 0 Å². The Morgan fingerprint density at radius 1 is 1.25 bits per heavy atom. The lowest BCUT2D eigenvalue weighted by Gasteiger charge is -2.14. The van der Waals surface area contributed by atoms with E-state index >= 15 is 0 Å². The van der Waals surface area contributed by atoms with Gasteiger partial charge in [-0.05, 0) is 18.2 Å². The summed E-state index contributed by atoms with van der Waals surface area (Å²) in [5.74, 6) is 0. The van der Waals surface area contributed by atoms with Crippen molar-refractivity contribution in [2.75, 3.05) is 18.8 Å². The van der Waals surface area contributed by atoms with Crippen LogP contribution in [0, 0.1) is 0 Å². The first-order valence-corrected chi connectivity index (χ1v) is 9.38. The predicted octanol–water partition coefficient (Wildman–Crippen LogP) is 3.03. The Bertz CT molecular complexity index is 1020. The molecule has 0 fully saturated rings. The summed E-state index contributed by atoms with van der Waals surface area (Å²) in [6.07, 6.45) is 5.12. The van der Waals surface area contributed by atoms with Crippen LogP contribution in [0.5, 0.6) is 0 Å². The van der Waals surface area contributed by atoms with E-state index in [1.165, 1.54) is 14.1 Å².